The van der Waals surface area contributed by atoms with Crippen molar-refractivity contribution >= 4 is 141 Å². The van der Waals surface area contributed by atoms with Crippen LogP contribution in [-0.2, 0) is 24.3 Å². The van der Waals surface area contributed by atoms with E-state index in [0.29, 0.717) is 11.5 Å². The molecule has 1 radical (unpaired) electrons. The van der Waals surface area contributed by atoms with E-state index in [2.05, 4.69) is 273 Å². The largest absolute Gasteiger partial charge is 0.876 e. The first-order chi connectivity index (χ1) is 43.3. The summed E-state index contributed by atoms with van der Waals surface area (Å²) in [6, 6.07) is 70.3. The maximum absolute atomic E-state index is 9.98. The first-order valence-corrected chi connectivity index (χ1v) is 47.7. The molecule has 14 rings (SSSR count). The summed E-state index contributed by atoms with van der Waals surface area (Å²) >= 11 is 0. The van der Waals surface area contributed by atoms with Crippen LogP contribution in [0.5, 0.6) is 34.5 Å². The number of carbonyl (C=O) groups is 1. The van der Waals surface area contributed by atoms with Crippen molar-refractivity contribution in [2.75, 3.05) is 0 Å². The van der Waals surface area contributed by atoms with Crippen LogP contribution in [0, 0.1) is 0 Å². The van der Waals surface area contributed by atoms with Crippen LogP contribution in [0.25, 0.3) is 98.0 Å². The number of carbonyl (C=O) groups excluding carboxylic acids is 1. The van der Waals surface area contributed by atoms with Crippen molar-refractivity contribution in [3.8, 4) is 67.9 Å². The predicted octanol–water partition coefficient (Wildman–Crippen LogP) is 19.2. The van der Waals surface area contributed by atoms with E-state index >= 15 is 0 Å². The number of fused-ring (bicyclic) bond motifs is 16. The van der Waals surface area contributed by atoms with Crippen molar-refractivity contribution in [1.82, 2.24) is 0 Å². The smallest absolute Gasteiger partial charge is 0.528 e. The van der Waals surface area contributed by atoms with Crippen LogP contribution in [0.1, 0.15) is 13.8 Å². The molecule has 0 unspecified atom stereocenters. The molecule has 0 saturated heterocycles. The molecule has 0 spiro atoms. The van der Waals surface area contributed by atoms with Crippen LogP contribution in [0.4, 0.5) is 0 Å². The quantitative estimate of drug-likeness (QED) is 0.0578. The molecule has 0 bridgehead atoms. The van der Waals surface area contributed by atoms with Gasteiger partial charge in [0.05, 0.1) is 32.3 Å². The molecule has 2 heterocycles. The van der Waals surface area contributed by atoms with Gasteiger partial charge in [0.25, 0.3) is 0 Å². The first kappa shape index (κ1) is 64.7. The Labute approximate surface area is 559 Å². The zero-order valence-corrected chi connectivity index (χ0v) is 62.3. The predicted molar refractivity (Wildman–Crippen MR) is 397 cm³/mol. The zero-order chi connectivity index (χ0) is 64.1. The van der Waals surface area contributed by atoms with Gasteiger partial charge in [-0.2, -0.15) is 0 Å². The number of hydrogen-bond acceptors (Lipinski definition) is 8. The summed E-state index contributed by atoms with van der Waals surface area (Å²) in [4.78, 5) is 9.98. The Morgan fingerprint density at radius 1 is 0.348 bits per heavy atom. The minimum absolute atomic E-state index is 0. The molecule has 0 saturated carbocycles. The number of hydrogen-bond donors (Lipinski definition) is 0. The minimum atomic E-state index is -2.72. The fourth-order valence-electron chi connectivity index (χ4n) is 13.1. The topological polar surface area (TPSA) is 95.5 Å². The molecule has 0 aliphatic carbocycles. The van der Waals surface area contributed by atoms with E-state index in [1.54, 1.807) is 0 Å². The molecule has 2 aliphatic heterocycles. The third kappa shape index (κ3) is 12.2. The number of benzene rings is 12. The second-order valence-electron chi connectivity index (χ2n) is 28.2. The van der Waals surface area contributed by atoms with E-state index in [-0.39, 0.29) is 31.0 Å². The number of ketones is 1. The van der Waals surface area contributed by atoms with Crippen molar-refractivity contribution in [3.05, 3.63) is 206 Å². The maximum Gasteiger partial charge on any atom is 0.528 e. The summed E-state index contributed by atoms with van der Waals surface area (Å²) in [7, 11) is -13.9. The fourth-order valence-corrected chi connectivity index (χ4v) is 21.7. The number of allylic oxidation sites excluding steroid dienone is 2. The van der Waals surface area contributed by atoms with Crippen LogP contribution in [0.2, 0.25) is 78.6 Å². The van der Waals surface area contributed by atoms with Crippen molar-refractivity contribution in [2.24, 2.45) is 0 Å². The summed E-state index contributed by atoms with van der Waals surface area (Å²) < 4.78 is 45.9. The van der Waals surface area contributed by atoms with Crippen LogP contribution >= 0.6 is 17.2 Å². The van der Waals surface area contributed by atoms with Crippen molar-refractivity contribution in [2.45, 2.75) is 92.4 Å². The van der Waals surface area contributed by atoms with E-state index in [4.69, 9.17) is 27.1 Å². The number of rotatable bonds is 10. The van der Waals surface area contributed by atoms with Gasteiger partial charge < -0.3 is 5.11 Å². The van der Waals surface area contributed by atoms with E-state index in [1.807, 2.05) is 0 Å². The Morgan fingerprint density at radius 3 is 0.793 bits per heavy atom. The molecule has 8 nitrogen and oxygen atoms in total. The van der Waals surface area contributed by atoms with Crippen LogP contribution < -0.4 is 53.0 Å². The van der Waals surface area contributed by atoms with Gasteiger partial charge in [-0.15, -0.1) is 5.76 Å². The first-order valence-electron chi connectivity index (χ1n) is 31.3. The summed E-state index contributed by atoms with van der Waals surface area (Å²) in [6.07, 6.45) is 1.06. The van der Waals surface area contributed by atoms with E-state index < -0.39 is 49.5 Å². The summed E-state index contributed by atoms with van der Waals surface area (Å²) in [5.74, 6) is 4.33. The van der Waals surface area contributed by atoms with Crippen molar-refractivity contribution in [1.29, 1.82) is 0 Å². The van der Waals surface area contributed by atoms with E-state index in [9.17, 15) is 9.90 Å². The molecular weight excluding hydrogens is 1330 g/mol. The molecule has 12 aromatic carbocycles. The fraction of sp³-hybridized carbons (Fsp3) is 0.182. The normalized spacial score (nSPS) is 13.7. The Kier molecular flexibility index (Phi) is 17.4. The van der Waals surface area contributed by atoms with Gasteiger partial charge in [0, 0.05) is 52.9 Å². The average molecular weight is 1410 g/mol. The SMILES string of the molecule is CC(=O)/C=C(/C)[O-].C[Si](C)(C)c1cc2ccccc2c2c1O[PH+](Oc1ccc3ccccc3c1-c1c(O[PH+]3Oc4c([Si](C)(C)C)cc5ccccc5c4-c4c(c([Si](C)(C)C)cc5ccccc45)O3)ccc3ccccc13)Oc1c([Si](C)(C)C)cc3ccccc3c1-2.[Rh]. The molecule has 0 fully saturated rings. The monoisotopic (exact) mass is 1410 g/mol. The third-order valence-electron chi connectivity index (χ3n) is 17.3. The molecular formula is C77H77O8P2RhSi4+. The maximum atomic E-state index is 9.98. The van der Waals surface area contributed by atoms with Crippen LogP contribution in [0.15, 0.2) is 206 Å². The third-order valence-corrected chi connectivity index (χ3v) is 27.5. The molecule has 0 aromatic heterocycles. The molecule has 2 aliphatic rings. The van der Waals surface area contributed by atoms with Gasteiger partial charge in [-0.05, 0) is 111 Å². The molecule has 15 heteroatoms. The summed E-state index contributed by atoms with van der Waals surface area (Å²) in [5.41, 5.74) is 6.07. The molecule has 0 atom stereocenters. The van der Waals surface area contributed by atoms with E-state index in [1.165, 1.54) is 56.1 Å². The second-order valence-corrected chi connectivity index (χ2v) is 50.6. The standard InChI is InChI=1S/C72H70O6P2Si4.C5H8O2.Rh/c1-81(2,3)59-41-47-27-15-21-33-53(47)65-66-54-34-22-16-28-48(54)42-60(82(4,5)6)70(66)76-79(75-69(59)65)73-57-39-37-45-25-13-19-31-51(45)63(57)64-52-32-20-14-26-46(52)38-40-58(64)74-80-77-71-61(83(7,8)9)43-49-29-17-23-35-55(49)67(71)68-56-36-24-18-30-50(56)44-62(72(68)78-80)84(10,11)12;1-4(6)3-5(2)7;/h13-44,79-80H,1-12H3;3,6H,1-2H3;/q+2;;/p-1/b;4-3-;. The van der Waals surface area contributed by atoms with Crippen molar-refractivity contribution in [3.63, 3.8) is 0 Å². The van der Waals surface area contributed by atoms with Gasteiger partial charge >= 0.3 is 17.2 Å². The molecule has 12 aromatic rings. The molecule has 0 N–H and O–H groups in total. The van der Waals surface area contributed by atoms with Gasteiger partial charge in [-0.1, -0.05) is 267 Å². The molecule has 92 heavy (non-hydrogen) atoms. The van der Waals surface area contributed by atoms with E-state index in [0.717, 1.165) is 106 Å². The summed E-state index contributed by atoms with van der Waals surface area (Å²) in [5, 5.41) is 28.3. The van der Waals surface area contributed by atoms with Crippen molar-refractivity contribution < 1.29 is 56.5 Å². The Balaban J connectivity index is 0.000000966. The van der Waals surface area contributed by atoms with Gasteiger partial charge in [-0.25, -0.2) is 0 Å². The van der Waals surface area contributed by atoms with Gasteiger partial charge in [0.1, 0.15) is 0 Å². The van der Waals surface area contributed by atoms with Crippen LogP contribution in [-0.4, -0.2) is 38.1 Å². The Hall–Kier alpha value is -7.44. The van der Waals surface area contributed by atoms with Gasteiger partial charge in [-0.3, -0.25) is 31.9 Å². The average Bonchev–Trinajstić information content (AvgIpc) is 1.35. The molecule has 0 amide bonds. The second kappa shape index (κ2) is 24.8. The Bertz CT molecular complexity index is 4470. The zero-order valence-electron chi connectivity index (χ0n) is 54.7. The molecule has 467 valence electrons. The summed E-state index contributed by atoms with van der Waals surface area (Å²) in [6.45, 7) is 31.6. The minimum Gasteiger partial charge on any atom is -0.876 e. The van der Waals surface area contributed by atoms with Gasteiger partial charge in [0.2, 0.25) is 0 Å². The van der Waals surface area contributed by atoms with Gasteiger partial charge in [0.15, 0.2) is 40.3 Å². The Morgan fingerprint density at radius 2 is 0.576 bits per heavy atom. The van der Waals surface area contributed by atoms with Crippen LogP contribution in [0.3, 0.4) is 0 Å².